The molecule has 3 N–H and O–H groups in total. The predicted octanol–water partition coefficient (Wildman–Crippen LogP) is 3.81. The molecule has 0 bridgehead atoms. The van der Waals surface area contributed by atoms with E-state index in [9.17, 15) is 4.79 Å². The molecule has 0 aliphatic carbocycles. The maximum absolute atomic E-state index is 12.0. The van der Waals surface area contributed by atoms with Gasteiger partial charge >= 0.3 is 6.03 Å². The van der Waals surface area contributed by atoms with Crippen LogP contribution in [0.3, 0.4) is 0 Å². The fourth-order valence-electron chi connectivity index (χ4n) is 2.14. The van der Waals surface area contributed by atoms with Crippen molar-refractivity contribution in [2.75, 3.05) is 36.1 Å². The molecule has 1 aliphatic heterocycles. The maximum Gasteiger partial charge on any atom is 0.321 e. The summed E-state index contributed by atoms with van der Waals surface area (Å²) < 4.78 is 0. The molecule has 2 amide bonds. The topological polar surface area (TPSA) is 82.2 Å². The van der Waals surface area contributed by atoms with Gasteiger partial charge in [-0.25, -0.2) is 9.78 Å². The van der Waals surface area contributed by atoms with E-state index in [0.717, 1.165) is 19.5 Å². The normalized spacial score (nSPS) is 13.2. The lowest BCUT2D eigenvalue weighted by atomic mass is 10.2. The highest BCUT2D eigenvalue weighted by Crippen LogP contribution is 2.27. The number of nitrogens with zero attached hydrogens (tertiary/aromatic N) is 3. The van der Waals surface area contributed by atoms with Crippen LogP contribution in [0.25, 0.3) is 0 Å². The highest BCUT2D eigenvalue weighted by molar-refractivity contribution is 6.42. The monoisotopic (exact) mass is 366 g/mol. The lowest BCUT2D eigenvalue weighted by Crippen LogP contribution is -2.44. The van der Waals surface area contributed by atoms with Crippen molar-refractivity contribution in [3.63, 3.8) is 0 Å². The Bertz CT molecular complexity index is 766. The molecule has 0 radical (unpaired) electrons. The van der Waals surface area contributed by atoms with Crippen molar-refractivity contribution >= 4 is 52.4 Å². The molecule has 0 spiro atoms. The van der Waals surface area contributed by atoms with Gasteiger partial charge in [-0.05, 0) is 24.6 Å². The third kappa shape index (κ3) is 3.63. The van der Waals surface area contributed by atoms with Crippen molar-refractivity contribution in [1.82, 2.24) is 14.9 Å². The second-order valence-electron chi connectivity index (χ2n) is 5.23. The fraction of sp³-hybridized carbons (Fsp3) is 0.267. The Labute approximate surface area is 149 Å². The summed E-state index contributed by atoms with van der Waals surface area (Å²) in [4.78, 5) is 22.3. The fourth-order valence-corrected chi connectivity index (χ4v) is 2.44. The second kappa shape index (κ2) is 7.11. The van der Waals surface area contributed by atoms with Gasteiger partial charge in [0.2, 0.25) is 5.95 Å². The number of anilines is 4. The molecule has 0 saturated carbocycles. The van der Waals surface area contributed by atoms with Crippen LogP contribution in [0, 0.1) is 0 Å². The van der Waals surface area contributed by atoms with E-state index in [1.165, 1.54) is 0 Å². The van der Waals surface area contributed by atoms with E-state index in [1.807, 2.05) is 0 Å². The largest absolute Gasteiger partial charge is 0.371 e. The number of carbonyl (C=O) groups excluding carboxylic acids is 1. The van der Waals surface area contributed by atoms with Crippen LogP contribution >= 0.6 is 23.2 Å². The third-order valence-electron chi connectivity index (χ3n) is 3.59. The number of benzene rings is 1. The van der Waals surface area contributed by atoms with Crippen LogP contribution in [0.4, 0.5) is 27.9 Å². The molecule has 2 heterocycles. The van der Waals surface area contributed by atoms with Gasteiger partial charge in [-0.15, -0.1) is 0 Å². The van der Waals surface area contributed by atoms with E-state index >= 15 is 0 Å². The minimum Gasteiger partial charge on any atom is -0.371 e. The Balaban J connectivity index is 1.75. The number of carbonyl (C=O) groups is 1. The summed E-state index contributed by atoms with van der Waals surface area (Å²) in [6, 6.07) is 5.00. The molecule has 0 atom stereocenters. The van der Waals surface area contributed by atoms with Gasteiger partial charge in [0, 0.05) is 25.8 Å². The van der Waals surface area contributed by atoms with E-state index in [4.69, 9.17) is 23.2 Å². The summed E-state index contributed by atoms with van der Waals surface area (Å²) in [5.41, 5.74) is 1.23. The zero-order valence-electron chi connectivity index (χ0n) is 12.9. The van der Waals surface area contributed by atoms with Gasteiger partial charge in [0.1, 0.15) is 5.69 Å². The van der Waals surface area contributed by atoms with Crippen LogP contribution in [0.2, 0.25) is 10.0 Å². The molecule has 1 aromatic carbocycles. The summed E-state index contributed by atoms with van der Waals surface area (Å²) in [6.45, 7) is 1.55. The van der Waals surface area contributed by atoms with Crippen LogP contribution in [-0.2, 0) is 0 Å². The second-order valence-corrected chi connectivity index (χ2v) is 6.04. The zero-order valence-corrected chi connectivity index (χ0v) is 14.4. The first-order chi connectivity index (χ1) is 11.6. The molecule has 1 aliphatic rings. The van der Waals surface area contributed by atoms with Crippen molar-refractivity contribution in [3.8, 4) is 0 Å². The predicted molar refractivity (Wildman–Crippen MR) is 96.5 cm³/mol. The van der Waals surface area contributed by atoms with Gasteiger partial charge < -0.3 is 20.9 Å². The maximum atomic E-state index is 12.0. The lowest BCUT2D eigenvalue weighted by molar-refractivity contribution is 0.181. The Morgan fingerprint density at radius 2 is 2.04 bits per heavy atom. The van der Waals surface area contributed by atoms with Crippen LogP contribution in [0.15, 0.2) is 24.4 Å². The highest BCUT2D eigenvalue weighted by atomic mass is 35.5. The van der Waals surface area contributed by atoms with Gasteiger partial charge in [0.25, 0.3) is 0 Å². The Hall–Kier alpha value is -2.25. The number of hydrogen-bond acceptors (Lipinski definition) is 5. The first kappa shape index (κ1) is 16.6. The average molecular weight is 367 g/mol. The summed E-state index contributed by atoms with van der Waals surface area (Å²) in [5.74, 6) is 0.890. The van der Waals surface area contributed by atoms with E-state index in [2.05, 4.69) is 25.9 Å². The summed E-state index contributed by atoms with van der Waals surface area (Å²) in [5, 5.41) is 9.71. The number of amides is 2. The molecule has 9 heteroatoms. The Morgan fingerprint density at radius 3 is 2.67 bits per heavy atom. The van der Waals surface area contributed by atoms with Gasteiger partial charge in [0.05, 0.1) is 16.2 Å². The SMILES string of the molecule is CNc1nc(Nc2ccc(Cl)c(Cl)c2)ncc1NC(=O)N1CCC1. The first-order valence-corrected chi connectivity index (χ1v) is 8.15. The smallest absolute Gasteiger partial charge is 0.321 e. The van der Waals surface area contributed by atoms with Crippen molar-refractivity contribution in [2.45, 2.75) is 6.42 Å². The minimum absolute atomic E-state index is 0.147. The molecule has 7 nitrogen and oxygen atoms in total. The molecular formula is C15H16Cl2N6O. The van der Waals surface area contributed by atoms with E-state index in [-0.39, 0.29) is 6.03 Å². The van der Waals surface area contributed by atoms with Crippen LogP contribution in [0.1, 0.15) is 6.42 Å². The van der Waals surface area contributed by atoms with Crippen LogP contribution in [-0.4, -0.2) is 41.0 Å². The first-order valence-electron chi connectivity index (χ1n) is 7.39. The molecule has 3 rings (SSSR count). The molecule has 2 aromatic rings. The number of rotatable bonds is 4. The van der Waals surface area contributed by atoms with Crippen LogP contribution in [0.5, 0.6) is 0 Å². The van der Waals surface area contributed by atoms with E-state index in [0.29, 0.717) is 33.2 Å². The number of nitrogens with one attached hydrogen (secondary N) is 3. The average Bonchev–Trinajstić information content (AvgIpc) is 2.50. The van der Waals surface area contributed by atoms with Crippen molar-refractivity contribution in [1.29, 1.82) is 0 Å². The molecule has 0 unspecified atom stereocenters. The van der Waals surface area contributed by atoms with Crippen molar-refractivity contribution in [3.05, 3.63) is 34.4 Å². The number of halogens is 2. The Kier molecular flexibility index (Phi) is 4.92. The highest BCUT2D eigenvalue weighted by Gasteiger charge is 2.21. The van der Waals surface area contributed by atoms with Crippen LogP contribution < -0.4 is 16.0 Å². The quantitative estimate of drug-likeness (QED) is 0.766. The van der Waals surface area contributed by atoms with Crippen molar-refractivity contribution in [2.24, 2.45) is 0 Å². The van der Waals surface area contributed by atoms with Gasteiger partial charge in [-0.1, -0.05) is 23.2 Å². The molecule has 1 aromatic heterocycles. The zero-order chi connectivity index (χ0) is 17.1. The van der Waals surface area contributed by atoms with E-state index < -0.39 is 0 Å². The van der Waals surface area contributed by atoms with Gasteiger partial charge in [0.15, 0.2) is 5.82 Å². The van der Waals surface area contributed by atoms with Gasteiger partial charge in [-0.3, -0.25) is 0 Å². The summed E-state index contributed by atoms with van der Waals surface area (Å²) in [7, 11) is 1.73. The Morgan fingerprint density at radius 1 is 1.25 bits per heavy atom. The number of aromatic nitrogens is 2. The molecule has 126 valence electrons. The third-order valence-corrected chi connectivity index (χ3v) is 4.33. The van der Waals surface area contributed by atoms with E-state index in [1.54, 1.807) is 36.3 Å². The summed E-state index contributed by atoms with van der Waals surface area (Å²) >= 11 is 11.9. The van der Waals surface area contributed by atoms with Gasteiger partial charge in [-0.2, -0.15) is 4.98 Å². The number of likely N-dealkylation sites (tertiary alicyclic amines) is 1. The number of hydrogen-bond donors (Lipinski definition) is 3. The van der Waals surface area contributed by atoms with Crippen molar-refractivity contribution < 1.29 is 4.79 Å². The molecular weight excluding hydrogens is 351 g/mol. The minimum atomic E-state index is -0.147. The molecule has 1 fully saturated rings. The standard InChI is InChI=1S/C15H16Cl2N6O/c1-18-13-12(21-15(24)23-5-2-6-23)8-19-14(22-13)20-9-3-4-10(16)11(17)7-9/h3-4,7-8H,2,5-6H2,1H3,(H,21,24)(H2,18,19,20,22). The summed E-state index contributed by atoms with van der Waals surface area (Å²) in [6.07, 6.45) is 2.59. The number of urea groups is 1. The molecule has 1 saturated heterocycles. The lowest BCUT2D eigenvalue weighted by Gasteiger charge is -2.30. The molecule has 24 heavy (non-hydrogen) atoms.